The highest BCUT2D eigenvalue weighted by molar-refractivity contribution is 7.99. The van der Waals surface area contributed by atoms with Crippen LogP contribution in [0.15, 0.2) is 34.2 Å². The number of nitrogens with zero attached hydrogens (tertiary/aromatic N) is 5. The molecule has 1 aliphatic heterocycles. The van der Waals surface area contributed by atoms with E-state index in [4.69, 9.17) is 21.9 Å². The van der Waals surface area contributed by atoms with Gasteiger partial charge in [0.1, 0.15) is 16.4 Å². The molecule has 2 aromatic heterocycles. The molecule has 8 nitrogen and oxygen atoms in total. The molecule has 3 aromatic rings. The van der Waals surface area contributed by atoms with Gasteiger partial charge in [0.05, 0.1) is 19.8 Å². The van der Waals surface area contributed by atoms with Gasteiger partial charge in [0.15, 0.2) is 10.8 Å². The first kappa shape index (κ1) is 21.9. The number of aromatic nitrogens is 4. The summed E-state index contributed by atoms with van der Waals surface area (Å²) >= 11 is 7.29. The highest BCUT2D eigenvalue weighted by Gasteiger charge is 2.19. The molecule has 0 atom stereocenters. The van der Waals surface area contributed by atoms with Gasteiger partial charge in [-0.1, -0.05) is 48.2 Å². The molecule has 0 N–H and O–H groups in total. The van der Waals surface area contributed by atoms with Gasteiger partial charge in [0, 0.05) is 45.0 Å². The second-order valence-electron chi connectivity index (χ2n) is 7.52. The summed E-state index contributed by atoms with van der Waals surface area (Å²) < 4.78 is 11.0. The molecule has 1 saturated heterocycles. The monoisotopic (exact) mass is 459 g/mol. The van der Waals surface area contributed by atoms with Crippen molar-refractivity contribution >= 4 is 41.4 Å². The van der Waals surface area contributed by atoms with E-state index in [1.54, 1.807) is 42.6 Å². The quantitative estimate of drug-likeness (QED) is 0.304. The Labute approximate surface area is 189 Å². The number of fused-ring (bicyclic) bond motifs is 1. The normalized spacial score (nSPS) is 14.9. The van der Waals surface area contributed by atoms with Crippen LogP contribution in [0.2, 0.25) is 0 Å². The summed E-state index contributed by atoms with van der Waals surface area (Å²) in [7, 11) is 3.41. The van der Waals surface area contributed by atoms with E-state index in [9.17, 15) is 9.59 Å². The van der Waals surface area contributed by atoms with Crippen LogP contribution in [0.5, 0.6) is 0 Å². The number of ether oxygens (including phenoxy) is 1. The summed E-state index contributed by atoms with van der Waals surface area (Å²) in [6.07, 6.45) is 0.834. The van der Waals surface area contributed by atoms with E-state index in [0.717, 1.165) is 61.1 Å². The molecule has 0 unspecified atom stereocenters. The zero-order chi connectivity index (χ0) is 22.0. The van der Waals surface area contributed by atoms with Crippen LogP contribution >= 0.6 is 24.0 Å². The van der Waals surface area contributed by atoms with Crippen LogP contribution in [-0.2, 0) is 25.4 Å². The number of thioether (sulfide) groups is 1. The number of imidazole rings is 1. The predicted octanol–water partition coefficient (Wildman–Crippen LogP) is 2.09. The molecule has 3 heterocycles. The van der Waals surface area contributed by atoms with Crippen molar-refractivity contribution in [2.75, 3.05) is 38.6 Å². The highest BCUT2D eigenvalue weighted by Crippen LogP contribution is 2.25. The molecule has 0 aliphatic carbocycles. The Kier molecular flexibility index (Phi) is 6.71. The van der Waals surface area contributed by atoms with E-state index in [2.05, 4.69) is 9.47 Å². The summed E-state index contributed by atoms with van der Waals surface area (Å²) in [5, 5.41) is 0.829. The molecule has 0 bridgehead atoms. The standard InChI is InChI=1S/C21H25N5O3S2/c1-23-18-17(19(30)24(2)21(23)28)26(13-15-3-5-16(14-27)6-4-15)20(22-18)31-12-9-25-7-10-29-11-8-25/h3-6,14H,7-13H2,1-2H3. The van der Waals surface area contributed by atoms with Crippen molar-refractivity contribution < 1.29 is 9.53 Å². The lowest BCUT2D eigenvalue weighted by atomic mass is 10.1. The maximum atomic E-state index is 12.5. The molecule has 1 aliphatic rings. The van der Waals surface area contributed by atoms with E-state index < -0.39 is 0 Å². The molecule has 0 amide bonds. The molecular formula is C21H25N5O3S2. The minimum atomic E-state index is -0.192. The molecular weight excluding hydrogens is 434 g/mol. The maximum absolute atomic E-state index is 12.5. The fourth-order valence-corrected chi connectivity index (χ4v) is 4.93. The maximum Gasteiger partial charge on any atom is 0.330 e. The van der Waals surface area contributed by atoms with Gasteiger partial charge in [-0.3, -0.25) is 18.8 Å². The Morgan fingerprint density at radius 1 is 1.16 bits per heavy atom. The van der Waals surface area contributed by atoms with Gasteiger partial charge in [-0.2, -0.15) is 0 Å². The summed E-state index contributed by atoms with van der Waals surface area (Å²) in [5.41, 5.74) is 2.84. The van der Waals surface area contributed by atoms with Crippen molar-refractivity contribution in [2.45, 2.75) is 11.7 Å². The third-order valence-corrected chi connectivity index (χ3v) is 6.94. The Morgan fingerprint density at radius 2 is 1.87 bits per heavy atom. The SMILES string of the molecule is Cn1c(=S)c2c(nc(SCCN3CCOCC3)n2Cc2ccc(C=O)cc2)n(C)c1=O. The second-order valence-corrected chi connectivity index (χ2v) is 8.97. The number of carbonyl (C=O) groups is 1. The number of aryl methyl sites for hydroxylation is 1. The summed E-state index contributed by atoms with van der Waals surface area (Å²) in [6, 6.07) is 7.47. The van der Waals surface area contributed by atoms with E-state index >= 15 is 0 Å². The molecule has 31 heavy (non-hydrogen) atoms. The second kappa shape index (κ2) is 9.47. The molecule has 0 radical (unpaired) electrons. The number of benzene rings is 1. The Morgan fingerprint density at radius 3 is 2.55 bits per heavy atom. The summed E-state index contributed by atoms with van der Waals surface area (Å²) in [5.74, 6) is 0.875. The van der Waals surface area contributed by atoms with Crippen LogP contribution < -0.4 is 5.69 Å². The van der Waals surface area contributed by atoms with Crippen LogP contribution in [-0.4, -0.2) is 68.5 Å². The van der Waals surface area contributed by atoms with Gasteiger partial charge in [-0.15, -0.1) is 0 Å². The number of morpholine rings is 1. The van der Waals surface area contributed by atoms with Crippen molar-refractivity contribution in [1.82, 2.24) is 23.6 Å². The average molecular weight is 460 g/mol. The van der Waals surface area contributed by atoms with E-state index in [-0.39, 0.29) is 5.69 Å². The number of hydrogen-bond donors (Lipinski definition) is 0. The minimum absolute atomic E-state index is 0.192. The van der Waals surface area contributed by atoms with Crippen molar-refractivity contribution in [3.63, 3.8) is 0 Å². The van der Waals surface area contributed by atoms with Crippen molar-refractivity contribution in [3.8, 4) is 0 Å². The lowest BCUT2D eigenvalue weighted by Gasteiger charge is -2.26. The summed E-state index contributed by atoms with van der Waals surface area (Å²) in [6.45, 7) is 4.94. The molecule has 4 rings (SSSR count). The predicted molar refractivity (Wildman–Crippen MR) is 124 cm³/mol. The van der Waals surface area contributed by atoms with E-state index in [1.165, 1.54) is 4.57 Å². The first-order valence-electron chi connectivity index (χ1n) is 10.1. The van der Waals surface area contributed by atoms with Crippen LogP contribution in [0, 0.1) is 4.64 Å². The van der Waals surface area contributed by atoms with Crippen LogP contribution in [0.25, 0.3) is 11.2 Å². The van der Waals surface area contributed by atoms with Crippen LogP contribution in [0.1, 0.15) is 15.9 Å². The zero-order valence-corrected chi connectivity index (χ0v) is 19.2. The largest absolute Gasteiger partial charge is 0.379 e. The fraction of sp³-hybridized carbons (Fsp3) is 0.429. The molecule has 10 heteroatoms. The smallest absolute Gasteiger partial charge is 0.330 e. The van der Waals surface area contributed by atoms with E-state index in [1.807, 2.05) is 12.1 Å². The van der Waals surface area contributed by atoms with Gasteiger partial charge in [-0.05, 0) is 5.56 Å². The van der Waals surface area contributed by atoms with Crippen molar-refractivity contribution in [1.29, 1.82) is 0 Å². The van der Waals surface area contributed by atoms with Crippen molar-refractivity contribution in [2.24, 2.45) is 14.1 Å². The molecule has 164 valence electrons. The highest BCUT2D eigenvalue weighted by atomic mass is 32.2. The Balaban J connectivity index is 1.70. The number of hydrogen-bond acceptors (Lipinski definition) is 7. The first-order valence-corrected chi connectivity index (χ1v) is 11.5. The minimum Gasteiger partial charge on any atom is -0.379 e. The Hall–Kier alpha value is -2.27. The number of carbonyl (C=O) groups excluding carboxylic acids is 1. The van der Waals surface area contributed by atoms with Gasteiger partial charge < -0.3 is 9.30 Å². The van der Waals surface area contributed by atoms with Crippen LogP contribution in [0.4, 0.5) is 0 Å². The van der Waals surface area contributed by atoms with Gasteiger partial charge in [0.2, 0.25) is 0 Å². The first-order chi connectivity index (χ1) is 15.0. The number of rotatable bonds is 7. The molecule has 1 aromatic carbocycles. The fourth-order valence-electron chi connectivity index (χ4n) is 3.66. The molecule has 1 fully saturated rings. The molecule has 0 spiro atoms. The van der Waals surface area contributed by atoms with Gasteiger partial charge in [0.25, 0.3) is 0 Å². The van der Waals surface area contributed by atoms with Crippen molar-refractivity contribution in [3.05, 3.63) is 50.5 Å². The van der Waals surface area contributed by atoms with Gasteiger partial charge >= 0.3 is 5.69 Å². The topological polar surface area (TPSA) is 74.3 Å². The van der Waals surface area contributed by atoms with E-state index in [0.29, 0.717) is 22.4 Å². The van der Waals surface area contributed by atoms with Gasteiger partial charge in [-0.25, -0.2) is 9.78 Å². The summed E-state index contributed by atoms with van der Waals surface area (Å²) in [4.78, 5) is 30.7. The van der Waals surface area contributed by atoms with Crippen LogP contribution in [0.3, 0.4) is 0 Å². The lowest BCUT2D eigenvalue weighted by Crippen LogP contribution is -2.37. The Bertz CT molecular complexity index is 1210. The molecule has 0 saturated carbocycles. The lowest BCUT2D eigenvalue weighted by molar-refractivity contribution is 0.0410. The third kappa shape index (κ3) is 4.52. The number of aldehydes is 1. The zero-order valence-electron chi connectivity index (χ0n) is 17.6. The average Bonchev–Trinajstić information content (AvgIpc) is 3.15. The third-order valence-electron chi connectivity index (χ3n) is 5.51.